The van der Waals surface area contributed by atoms with E-state index >= 15 is 0 Å². The van der Waals surface area contributed by atoms with Crippen LogP contribution >= 0.6 is 0 Å². The van der Waals surface area contributed by atoms with E-state index in [0.29, 0.717) is 12.5 Å². The van der Waals surface area contributed by atoms with Crippen LogP contribution < -0.4 is 9.46 Å². The number of hydrogen-bond donors (Lipinski definition) is 1. The van der Waals surface area contributed by atoms with Crippen molar-refractivity contribution in [3.8, 4) is 5.75 Å². The predicted octanol–water partition coefficient (Wildman–Crippen LogP) is 2.61. The van der Waals surface area contributed by atoms with Gasteiger partial charge in [0.1, 0.15) is 0 Å². The maximum absolute atomic E-state index is 13.7. The molecule has 1 aromatic carbocycles. The van der Waals surface area contributed by atoms with Crippen LogP contribution in [0, 0.1) is 11.7 Å². The van der Waals surface area contributed by atoms with E-state index in [0.717, 1.165) is 31.7 Å². The van der Waals surface area contributed by atoms with E-state index in [9.17, 15) is 12.8 Å². The van der Waals surface area contributed by atoms with Crippen molar-refractivity contribution < 1.29 is 17.5 Å². The molecule has 2 saturated carbocycles. The number of nitrogens with one attached hydrogen (secondary N) is 1. The molecule has 0 radical (unpaired) electrons. The highest BCUT2D eigenvalue weighted by molar-refractivity contribution is 7.89. The molecule has 3 rings (SSSR count). The molecule has 0 aromatic heterocycles. The smallest absolute Gasteiger partial charge is 0.241 e. The Bertz CT molecular complexity index is 663. The lowest BCUT2D eigenvalue weighted by atomic mass is 10.3. The van der Waals surface area contributed by atoms with Crippen molar-refractivity contribution in [2.24, 2.45) is 5.92 Å². The lowest BCUT2D eigenvalue weighted by molar-refractivity contribution is 0.284. The van der Waals surface area contributed by atoms with Gasteiger partial charge in [0.25, 0.3) is 0 Å². The fourth-order valence-corrected chi connectivity index (χ4v) is 3.51. The van der Waals surface area contributed by atoms with E-state index in [4.69, 9.17) is 4.74 Å². The van der Waals surface area contributed by atoms with E-state index in [1.165, 1.54) is 12.1 Å². The fraction of sp³-hybridized carbons (Fsp3) is 0.467. The van der Waals surface area contributed by atoms with Gasteiger partial charge in [0.15, 0.2) is 11.6 Å². The van der Waals surface area contributed by atoms with Crippen LogP contribution in [-0.2, 0) is 10.0 Å². The molecule has 6 heteroatoms. The van der Waals surface area contributed by atoms with Crippen LogP contribution in [0.3, 0.4) is 0 Å². The van der Waals surface area contributed by atoms with Crippen LogP contribution in [0.4, 0.5) is 4.39 Å². The Hall–Kier alpha value is -1.40. The number of rotatable bonds is 7. The largest absolute Gasteiger partial charge is 0.490 e. The zero-order chi connectivity index (χ0) is 15.1. The summed E-state index contributed by atoms with van der Waals surface area (Å²) in [5, 5.41) is 0. The molecule has 1 aromatic rings. The zero-order valence-electron chi connectivity index (χ0n) is 11.6. The lowest BCUT2D eigenvalue weighted by Crippen LogP contribution is -2.35. The molecule has 1 N–H and O–H groups in total. The summed E-state index contributed by atoms with van der Waals surface area (Å²) >= 11 is 0. The Morgan fingerprint density at radius 1 is 1.43 bits per heavy atom. The van der Waals surface area contributed by atoms with Gasteiger partial charge in [-0.15, -0.1) is 6.58 Å². The summed E-state index contributed by atoms with van der Waals surface area (Å²) in [4.78, 5) is 0.0165. The molecule has 2 fully saturated rings. The molecule has 0 saturated heterocycles. The third-order valence-corrected chi connectivity index (χ3v) is 5.45. The first-order chi connectivity index (χ1) is 9.94. The summed E-state index contributed by atoms with van der Waals surface area (Å²) in [6.07, 6.45) is 5.26. The van der Waals surface area contributed by atoms with Gasteiger partial charge in [-0.3, -0.25) is 0 Å². The van der Waals surface area contributed by atoms with Crippen LogP contribution in [-0.4, -0.2) is 20.6 Å². The molecule has 0 unspecified atom stereocenters. The van der Waals surface area contributed by atoms with Crippen LogP contribution in [0.5, 0.6) is 5.75 Å². The summed E-state index contributed by atoms with van der Waals surface area (Å²) in [5.41, 5.74) is -0.539. The Morgan fingerprint density at radius 3 is 2.71 bits per heavy atom. The van der Waals surface area contributed by atoms with Crippen molar-refractivity contribution in [1.82, 2.24) is 4.72 Å². The second kappa shape index (κ2) is 5.10. The average Bonchev–Trinajstić information content (AvgIpc) is 3.33. The Labute approximate surface area is 124 Å². The number of benzene rings is 1. The number of hydrogen-bond acceptors (Lipinski definition) is 3. The highest BCUT2D eigenvalue weighted by Crippen LogP contribution is 2.38. The number of ether oxygens (including phenoxy) is 1. The van der Waals surface area contributed by atoms with E-state index in [-0.39, 0.29) is 10.6 Å². The van der Waals surface area contributed by atoms with E-state index in [2.05, 4.69) is 11.3 Å². The summed E-state index contributed by atoms with van der Waals surface area (Å²) in [6.45, 7) is 4.08. The standard InChI is InChI=1S/C15H18FNO3S/c1-2-15(7-8-15)17-21(18,19)12-5-6-13(16)14(9-12)20-10-11-3-4-11/h2,5-6,9,11,17H,1,3-4,7-8,10H2. The van der Waals surface area contributed by atoms with Gasteiger partial charge in [-0.1, -0.05) is 6.08 Å². The first-order valence-electron chi connectivity index (χ1n) is 7.04. The molecule has 0 amide bonds. The first-order valence-corrected chi connectivity index (χ1v) is 8.52. The van der Waals surface area contributed by atoms with Crippen LogP contribution in [0.25, 0.3) is 0 Å². The van der Waals surface area contributed by atoms with Crippen molar-refractivity contribution in [3.05, 3.63) is 36.7 Å². The van der Waals surface area contributed by atoms with Crippen molar-refractivity contribution in [3.63, 3.8) is 0 Å². The molecular formula is C15H18FNO3S. The number of halogens is 1. The second-order valence-electron chi connectivity index (χ2n) is 5.81. The Kier molecular flexibility index (Phi) is 3.53. The molecular weight excluding hydrogens is 293 g/mol. The number of sulfonamides is 1. The Balaban J connectivity index is 1.80. The Morgan fingerprint density at radius 2 is 2.14 bits per heavy atom. The molecule has 0 atom stereocenters. The maximum atomic E-state index is 13.7. The second-order valence-corrected chi connectivity index (χ2v) is 7.49. The molecule has 0 spiro atoms. The fourth-order valence-electron chi connectivity index (χ4n) is 2.06. The summed E-state index contributed by atoms with van der Waals surface area (Å²) in [5.74, 6) is -0.0778. The molecule has 0 bridgehead atoms. The van der Waals surface area contributed by atoms with Gasteiger partial charge in [-0.2, -0.15) is 0 Å². The van der Waals surface area contributed by atoms with Gasteiger partial charge < -0.3 is 4.74 Å². The average molecular weight is 311 g/mol. The minimum Gasteiger partial charge on any atom is -0.490 e. The van der Waals surface area contributed by atoms with Crippen molar-refractivity contribution in [2.75, 3.05) is 6.61 Å². The molecule has 4 nitrogen and oxygen atoms in total. The summed E-state index contributed by atoms with van der Waals surface area (Å²) < 4.78 is 46.3. The van der Waals surface area contributed by atoms with E-state index in [1.54, 1.807) is 6.08 Å². The zero-order valence-corrected chi connectivity index (χ0v) is 12.5. The van der Waals surface area contributed by atoms with Gasteiger partial charge >= 0.3 is 0 Å². The van der Waals surface area contributed by atoms with Gasteiger partial charge in [-0.05, 0) is 43.7 Å². The predicted molar refractivity (Wildman–Crippen MR) is 77.1 cm³/mol. The lowest BCUT2D eigenvalue weighted by Gasteiger charge is -2.14. The quantitative estimate of drug-likeness (QED) is 0.788. The highest BCUT2D eigenvalue weighted by atomic mass is 32.2. The van der Waals surface area contributed by atoms with Crippen LogP contribution in [0.2, 0.25) is 0 Å². The molecule has 0 aliphatic heterocycles. The molecule has 2 aliphatic rings. The van der Waals surface area contributed by atoms with Crippen molar-refractivity contribution in [1.29, 1.82) is 0 Å². The van der Waals surface area contributed by atoms with Gasteiger partial charge in [0, 0.05) is 6.07 Å². The third-order valence-electron chi connectivity index (χ3n) is 3.90. The van der Waals surface area contributed by atoms with Crippen LogP contribution in [0.1, 0.15) is 25.7 Å². The van der Waals surface area contributed by atoms with Gasteiger partial charge in [0.05, 0.1) is 17.0 Å². The normalized spacial score (nSPS) is 20.0. The van der Waals surface area contributed by atoms with E-state index < -0.39 is 21.4 Å². The minimum absolute atomic E-state index is 0.00627. The first kappa shape index (κ1) is 14.5. The molecule has 114 valence electrons. The van der Waals surface area contributed by atoms with Gasteiger partial charge in [-0.25, -0.2) is 17.5 Å². The van der Waals surface area contributed by atoms with Crippen molar-refractivity contribution >= 4 is 10.0 Å². The molecule has 2 aliphatic carbocycles. The maximum Gasteiger partial charge on any atom is 0.241 e. The summed E-state index contributed by atoms with van der Waals surface area (Å²) in [7, 11) is -3.70. The highest BCUT2D eigenvalue weighted by Gasteiger charge is 2.43. The van der Waals surface area contributed by atoms with E-state index in [1.807, 2.05) is 0 Å². The van der Waals surface area contributed by atoms with Crippen LogP contribution in [0.15, 0.2) is 35.7 Å². The topological polar surface area (TPSA) is 55.4 Å². The monoisotopic (exact) mass is 311 g/mol. The third kappa shape index (κ3) is 3.27. The molecule has 21 heavy (non-hydrogen) atoms. The minimum atomic E-state index is -3.70. The molecule has 0 heterocycles. The summed E-state index contributed by atoms with van der Waals surface area (Å²) in [6, 6.07) is 3.63. The van der Waals surface area contributed by atoms with Crippen molar-refractivity contribution in [2.45, 2.75) is 36.1 Å². The van der Waals surface area contributed by atoms with Gasteiger partial charge in [0.2, 0.25) is 10.0 Å². The SMILES string of the molecule is C=CC1(NS(=O)(=O)c2ccc(F)c(OCC3CC3)c2)CC1.